The van der Waals surface area contributed by atoms with Crippen LogP contribution in [0.15, 0.2) is 49.6 Å². The van der Waals surface area contributed by atoms with Gasteiger partial charge in [-0.05, 0) is 64.3 Å². The summed E-state index contributed by atoms with van der Waals surface area (Å²) in [6, 6.07) is 6.65. The number of aliphatic hydroxyl groups excluding tert-OH is 1. The minimum Gasteiger partial charge on any atom is -0.460 e. The molecule has 0 aliphatic carbocycles. The first-order valence-corrected chi connectivity index (χ1v) is 15.6. The number of esters is 1. The molecule has 3 aliphatic rings. The second-order valence-electron chi connectivity index (χ2n) is 11.6. The van der Waals surface area contributed by atoms with Gasteiger partial charge in [0.2, 0.25) is 11.8 Å². The maximum atomic E-state index is 14.5. The minimum absolute atomic E-state index is 0.0702. The number of carbonyl (C=O) groups excluding carboxylic acids is 4. The van der Waals surface area contributed by atoms with Crippen LogP contribution < -0.4 is 15.1 Å². The average Bonchev–Trinajstić information content (AvgIpc) is 3.66. The van der Waals surface area contributed by atoms with Crippen LogP contribution in [0.2, 0.25) is 0 Å². The Morgan fingerprint density at radius 1 is 1.18 bits per heavy atom. The lowest BCUT2D eigenvalue weighted by Crippen LogP contribution is -2.56. The predicted molar refractivity (Wildman–Crippen MR) is 167 cm³/mol. The SMILES string of the molecule is C=CCCC(=O)NC[C@H](C)OC(=O)[C@@H]1[C@H]2C(=O)N(CCO)[C@H](C(=O)N(CC=C)c3ccc(N(CC)CC)cc3)[C@]23CC[C@H]1O3. The molecule has 0 aromatic heterocycles. The van der Waals surface area contributed by atoms with E-state index in [2.05, 4.69) is 37.2 Å². The van der Waals surface area contributed by atoms with Crippen LogP contribution in [-0.4, -0.2) is 96.9 Å². The third-order valence-corrected chi connectivity index (χ3v) is 8.99. The highest BCUT2D eigenvalue weighted by atomic mass is 16.6. The van der Waals surface area contributed by atoms with Gasteiger partial charge in [-0.2, -0.15) is 0 Å². The summed E-state index contributed by atoms with van der Waals surface area (Å²) in [4.78, 5) is 59.1. The van der Waals surface area contributed by atoms with Gasteiger partial charge in [-0.3, -0.25) is 19.2 Å². The van der Waals surface area contributed by atoms with Crippen LogP contribution in [0.4, 0.5) is 11.4 Å². The molecule has 2 N–H and O–H groups in total. The van der Waals surface area contributed by atoms with E-state index in [4.69, 9.17) is 9.47 Å². The number of nitrogens with one attached hydrogen (secondary N) is 1. The molecule has 0 radical (unpaired) electrons. The number of ether oxygens (including phenoxy) is 2. The van der Waals surface area contributed by atoms with Gasteiger partial charge < -0.3 is 34.6 Å². The smallest absolute Gasteiger partial charge is 0.312 e. The number of fused-ring (bicyclic) bond motifs is 1. The van der Waals surface area contributed by atoms with Gasteiger partial charge in [-0.1, -0.05) is 12.2 Å². The quantitative estimate of drug-likeness (QED) is 0.216. The highest BCUT2D eigenvalue weighted by molar-refractivity contribution is 6.04. The first-order valence-electron chi connectivity index (χ1n) is 15.6. The van der Waals surface area contributed by atoms with Gasteiger partial charge in [0, 0.05) is 44.0 Å². The third-order valence-electron chi connectivity index (χ3n) is 8.99. The standard InChI is InChI=1S/C33H46N4O7/c1-6-10-11-26(39)34-21-22(5)43-32(42)27-25-16-17-33(44-25)28(27)30(40)37(19-20-38)29(33)31(41)36(18-7-2)24-14-12-23(13-15-24)35(8-3)9-4/h6-7,12-15,22,25,27-29,38H,1-2,8-11,16-21H2,3-5H3,(H,34,39)/t22-,25+,27-,28-,29+,33-/m0/s1. The normalized spacial score (nSPS) is 25.7. The van der Waals surface area contributed by atoms with Crippen LogP contribution in [0, 0.1) is 11.8 Å². The molecule has 4 rings (SSSR count). The van der Waals surface area contributed by atoms with Crippen molar-refractivity contribution >= 4 is 35.1 Å². The number of allylic oxidation sites excluding steroid dienone is 1. The van der Waals surface area contributed by atoms with Gasteiger partial charge in [-0.15, -0.1) is 13.2 Å². The molecule has 3 heterocycles. The largest absolute Gasteiger partial charge is 0.460 e. The molecule has 44 heavy (non-hydrogen) atoms. The monoisotopic (exact) mass is 610 g/mol. The summed E-state index contributed by atoms with van der Waals surface area (Å²) in [5, 5.41) is 12.6. The number of β-amino-alcohol motifs (C(OH)–C–C–N with tert-alkyl or cyclic N) is 1. The van der Waals surface area contributed by atoms with E-state index >= 15 is 0 Å². The molecule has 3 amide bonds. The van der Waals surface area contributed by atoms with Crippen molar-refractivity contribution in [2.24, 2.45) is 11.8 Å². The van der Waals surface area contributed by atoms with Crippen molar-refractivity contribution in [3.8, 4) is 0 Å². The molecule has 0 unspecified atom stereocenters. The fourth-order valence-electron chi connectivity index (χ4n) is 6.98. The van der Waals surface area contributed by atoms with Crippen molar-refractivity contribution in [2.45, 2.75) is 70.3 Å². The lowest BCUT2D eigenvalue weighted by Gasteiger charge is -2.36. The molecule has 3 saturated heterocycles. The molecule has 0 saturated carbocycles. The van der Waals surface area contributed by atoms with Crippen molar-refractivity contribution in [2.75, 3.05) is 49.1 Å². The summed E-state index contributed by atoms with van der Waals surface area (Å²) < 4.78 is 12.2. The number of likely N-dealkylation sites (tertiary alicyclic amines) is 1. The highest BCUT2D eigenvalue weighted by Crippen LogP contribution is 2.58. The van der Waals surface area contributed by atoms with E-state index in [-0.39, 0.29) is 38.1 Å². The molecule has 3 fully saturated rings. The number of hydrogen-bond donors (Lipinski definition) is 2. The zero-order valence-corrected chi connectivity index (χ0v) is 26.1. The summed E-state index contributed by atoms with van der Waals surface area (Å²) >= 11 is 0. The van der Waals surface area contributed by atoms with E-state index in [0.29, 0.717) is 31.4 Å². The zero-order valence-electron chi connectivity index (χ0n) is 26.1. The van der Waals surface area contributed by atoms with Gasteiger partial charge >= 0.3 is 5.97 Å². The maximum Gasteiger partial charge on any atom is 0.312 e. The first kappa shape index (κ1) is 33.2. The van der Waals surface area contributed by atoms with E-state index in [9.17, 15) is 24.3 Å². The Bertz CT molecular complexity index is 1230. The molecular weight excluding hydrogens is 564 g/mol. The van der Waals surface area contributed by atoms with E-state index in [0.717, 1.165) is 18.8 Å². The number of nitrogens with zero attached hydrogens (tertiary/aromatic N) is 3. The average molecular weight is 611 g/mol. The molecule has 1 aromatic rings. The van der Waals surface area contributed by atoms with Gasteiger partial charge in [0.05, 0.1) is 31.1 Å². The second-order valence-corrected chi connectivity index (χ2v) is 11.6. The summed E-state index contributed by atoms with van der Waals surface area (Å²) in [7, 11) is 0. The molecule has 240 valence electrons. The number of hydrogen-bond acceptors (Lipinski definition) is 8. The Kier molecular flexibility index (Phi) is 10.9. The van der Waals surface area contributed by atoms with E-state index in [1.54, 1.807) is 24.0 Å². The molecule has 1 aromatic carbocycles. The number of carbonyl (C=O) groups is 4. The molecular formula is C33H46N4O7. The Morgan fingerprint density at radius 2 is 1.86 bits per heavy atom. The summed E-state index contributed by atoms with van der Waals surface area (Å²) in [6.07, 6.45) is 3.84. The predicted octanol–water partition coefficient (Wildman–Crippen LogP) is 2.43. The molecule has 2 bridgehead atoms. The van der Waals surface area contributed by atoms with Crippen molar-refractivity contribution < 1.29 is 33.8 Å². The lowest BCUT2D eigenvalue weighted by molar-refractivity contribution is -0.159. The minimum atomic E-state index is -1.22. The van der Waals surface area contributed by atoms with Crippen LogP contribution in [0.3, 0.4) is 0 Å². The van der Waals surface area contributed by atoms with E-state index in [1.807, 2.05) is 24.3 Å². The van der Waals surface area contributed by atoms with Crippen molar-refractivity contribution in [3.05, 3.63) is 49.6 Å². The van der Waals surface area contributed by atoms with Gasteiger partial charge in [0.25, 0.3) is 5.91 Å². The third kappa shape index (κ3) is 6.25. The van der Waals surface area contributed by atoms with E-state index < -0.39 is 47.6 Å². The summed E-state index contributed by atoms with van der Waals surface area (Å²) in [6.45, 7) is 14.9. The molecule has 11 nitrogen and oxygen atoms in total. The molecule has 11 heteroatoms. The van der Waals surface area contributed by atoms with Crippen LogP contribution in [0.5, 0.6) is 0 Å². The molecule has 3 aliphatic heterocycles. The fraction of sp³-hybridized carbons (Fsp3) is 0.576. The maximum absolute atomic E-state index is 14.5. The fourth-order valence-corrected chi connectivity index (χ4v) is 6.98. The van der Waals surface area contributed by atoms with Crippen LogP contribution in [0.25, 0.3) is 0 Å². The highest BCUT2D eigenvalue weighted by Gasteiger charge is 2.75. The Hall–Kier alpha value is -3.70. The lowest BCUT2D eigenvalue weighted by atomic mass is 9.70. The van der Waals surface area contributed by atoms with Crippen molar-refractivity contribution in [1.29, 1.82) is 0 Å². The van der Waals surface area contributed by atoms with Crippen LogP contribution in [0.1, 0.15) is 46.5 Å². The van der Waals surface area contributed by atoms with Gasteiger partial charge in [-0.25, -0.2) is 0 Å². The Morgan fingerprint density at radius 3 is 2.48 bits per heavy atom. The number of aliphatic hydroxyl groups is 1. The van der Waals surface area contributed by atoms with Crippen LogP contribution in [-0.2, 0) is 28.7 Å². The summed E-state index contributed by atoms with van der Waals surface area (Å²) in [5.74, 6) is -3.32. The van der Waals surface area contributed by atoms with Gasteiger partial charge in [0.1, 0.15) is 17.7 Å². The van der Waals surface area contributed by atoms with Crippen LogP contribution >= 0.6 is 0 Å². The second kappa shape index (κ2) is 14.4. The van der Waals surface area contributed by atoms with Crippen molar-refractivity contribution in [1.82, 2.24) is 10.2 Å². The van der Waals surface area contributed by atoms with Crippen molar-refractivity contribution in [3.63, 3.8) is 0 Å². The first-order chi connectivity index (χ1) is 21.2. The van der Waals surface area contributed by atoms with E-state index in [1.165, 1.54) is 4.90 Å². The number of rotatable bonds is 16. The zero-order chi connectivity index (χ0) is 32.0. The number of benzene rings is 1. The Labute approximate surface area is 259 Å². The molecule has 1 spiro atoms. The number of anilines is 2. The molecule has 6 atom stereocenters. The topological polar surface area (TPSA) is 129 Å². The number of amides is 3. The summed E-state index contributed by atoms with van der Waals surface area (Å²) in [5.41, 5.74) is 0.459. The Balaban J connectivity index is 1.58. The van der Waals surface area contributed by atoms with Gasteiger partial charge in [0.15, 0.2) is 0 Å².